The van der Waals surface area contributed by atoms with Crippen molar-refractivity contribution in [3.8, 4) is 0 Å². The van der Waals surface area contributed by atoms with Crippen LogP contribution in [0.15, 0.2) is 0 Å². The molecular formula is C12H21N3OS. The lowest BCUT2D eigenvalue weighted by molar-refractivity contribution is 0.0952. The van der Waals surface area contributed by atoms with Gasteiger partial charge >= 0.3 is 0 Å². The molecule has 96 valence electrons. The highest BCUT2D eigenvalue weighted by molar-refractivity contribution is 7.07. The van der Waals surface area contributed by atoms with Crippen molar-refractivity contribution < 1.29 is 4.79 Å². The van der Waals surface area contributed by atoms with Crippen molar-refractivity contribution in [2.75, 3.05) is 6.54 Å². The van der Waals surface area contributed by atoms with Gasteiger partial charge in [-0.15, -0.1) is 0 Å². The Morgan fingerprint density at radius 1 is 1.24 bits per heavy atom. The molecule has 0 saturated carbocycles. The summed E-state index contributed by atoms with van der Waals surface area (Å²) in [5, 5.41) is 3.34. The van der Waals surface area contributed by atoms with E-state index in [0.29, 0.717) is 10.8 Å². The summed E-state index contributed by atoms with van der Waals surface area (Å²) in [6.07, 6.45) is 7.40. The molecule has 0 unspecified atom stereocenters. The van der Waals surface area contributed by atoms with Crippen molar-refractivity contribution in [2.45, 2.75) is 52.4 Å². The van der Waals surface area contributed by atoms with Gasteiger partial charge in [0.1, 0.15) is 5.82 Å². The molecule has 17 heavy (non-hydrogen) atoms. The summed E-state index contributed by atoms with van der Waals surface area (Å²) < 4.78 is 3.99. The van der Waals surface area contributed by atoms with Gasteiger partial charge in [0.05, 0.1) is 0 Å². The van der Waals surface area contributed by atoms with Crippen molar-refractivity contribution in [1.29, 1.82) is 0 Å². The van der Waals surface area contributed by atoms with Crippen LogP contribution in [0, 0.1) is 6.92 Å². The number of nitrogens with one attached hydrogen (secondary N) is 1. The van der Waals surface area contributed by atoms with E-state index in [2.05, 4.69) is 21.6 Å². The lowest BCUT2D eigenvalue weighted by Crippen LogP contribution is -2.24. The molecule has 1 amide bonds. The van der Waals surface area contributed by atoms with Gasteiger partial charge in [0.25, 0.3) is 5.91 Å². The van der Waals surface area contributed by atoms with Crippen LogP contribution in [-0.2, 0) is 0 Å². The third-order valence-corrected chi connectivity index (χ3v) is 3.34. The predicted octanol–water partition coefficient (Wildman–Crippen LogP) is 2.94. The molecule has 1 rings (SSSR count). The normalized spacial score (nSPS) is 10.5. The molecule has 0 atom stereocenters. The second-order valence-electron chi connectivity index (χ2n) is 4.17. The third-order valence-electron chi connectivity index (χ3n) is 2.54. The maximum absolute atomic E-state index is 11.6. The van der Waals surface area contributed by atoms with Crippen molar-refractivity contribution in [3.63, 3.8) is 0 Å². The van der Waals surface area contributed by atoms with Gasteiger partial charge in [-0.25, -0.2) is 4.98 Å². The summed E-state index contributed by atoms with van der Waals surface area (Å²) >= 11 is 1.16. The molecule has 4 nitrogen and oxygen atoms in total. The summed E-state index contributed by atoms with van der Waals surface area (Å²) in [5.41, 5.74) is 0. The lowest BCUT2D eigenvalue weighted by Gasteiger charge is -2.02. The number of unbranched alkanes of at least 4 members (excludes halogenated alkanes) is 5. The smallest absolute Gasteiger partial charge is 0.281 e. The van der Waals surface area contributed by atoms with E-state index in [1.807, 2.05) is 0 Å². The summed E-state index contributed by atoms with van der Waals surface area (Å²) in [7, 11) is 0. The fourth-order valence-electron chi connectivity index (χ4n) is 1.57. The Hall–Kier alpha value is -0.970. The standard InChI is InChI=1S/C12H21N3OS/c1-3-4-5-6-7-8-9-13-11(16)12-14-10(2)15-17-12/h3-9H2,1-2H3,(H,13,16). The quantitative estimate of drug-likeness (QED) is 0.727. The van der Waals surface area contributed by atoms with Crippen LogP contribution in [0.4, 0.5) is 0 Å². The number of aromatic nitrogens is 2. The van der Waals surface area contributed by atoms with Crippen LogP contribution in [0.3, 0.4) is 0 Å². The monoisotopic (exact) mass is 255 g/mol. The molecule has 0 radical (unpaired) electrons. The van der Waals surface area contributed by atoms with Crippen LogP contribution < -0.4 is 5.32 Å². The zero-order valence-corrected chi connectivity index (χ0v) is 11.5. The van der Waals surface area contributed by atoms with Crippen LogP contribution in [0.1, 0.15) is 61.1 Å². The Morgan fingerprint density at radius 3 is 2.59 bits per heavy atom. The van der Waals surface area contributed by atoms with E-state index < -0.39 is 0 Å². The number of carbonyl (C=O) groups excluding carboxylic acids is 1. The van der Waals surface area contributed by atoms with E-state index in [4.69, 9.17) is 0 Å². The lowest BCUT2D eigenvalue weighted by atomic mass is 10.1. The number of hydrogen-bond donors (Lipinski definition) is 1. The Labute approximate surface area is 107 Å². The van der Waals surface area contributed by atoms with E-state index >= 15 is 0 Å². The minimum atomic E-state index is -0.0934. The second kappa shape index (κ2) is 8.17. The van der Waals surface area contributed by atoms with Gasteiger partial charge in [-0.3, -0.25) is 4.79 Å². The maximum atomic E-state index is 11.6. The van der Waals surface area contributed by atoms with Gasteiger partial charge in [-0.2, -0.15) is 4.37 Å². The van der Waals surface area contributed by atoms with Gasteiger partial charge in [-0.05, 0) is 24.9 Å². The molecule has 0 aliphatic rings. The maximum Gasteiger partial charge on any atom is 0.281 e. The number of amides is 1. The molecule has 0 aliphatic carbocycles. The average molecular weight is 255 g/mol. The van der Waals surface area contributed by atoms with Crippen LogP contribution >= 0.6 is 11.5 Å². The molecule has 1 N–H and O–H groups in total. The summed E-state index contributed by atoms with van der Waals surface area (Å²) in [4.78, 5) is 15.6. The summed E-state index contributed by atoms with van der Waals surface area (Å²) in [6, 6.07) is 0. The fraction of sp³-hybridized carbons (Fsp3) is 0.750. The number of rotatable bonds is 8. The highest BCUT2D eigenvalue weighted by Crippen LogP contribution is 2.05. The van der Waals surface area contributed by atoms with Crippen molar-refractivity contribution in [2.24, 2.45) is 0 Å². The van der Waals surface area contributed by atoms with Crippen LogP contribution in [0.5, 0.6) is 0 Å². The first kappa shape index (κ1) is 14.1. The molecule has 0 aliphatic heterocycles. The van der Waals surface area contributed by atoms with Crippen molar-refractivity contribution in [3.05, 3.63) is 10.8 Å². The van der Waals surface area contributed by atoms with Crippen LogP contribution in [0.25, 0.3) is 0 Å². The van der Waals surface area contributed by atoms with Gasteiger partial charge < -0.3 is 5.32 Å². The summed E-state index contributed by atoms with van der Waals surface area (Å²) in [5.74, 6) is 0.573. The Kier molecular flexibility index (Phi) is 6.77. The first-order chi connectivity index (χ1) is 8.24. The molecule has 0 fully saturated rings. The van der Waals surface area contributed by atoms with Gasteiger partial charge in [0.15, 0.2) is 0 Å². The van der Waals surface area contributed by atoms with Gasteiger partial charge in [0.2, 0.25) is 5.01 Å². The molecule has 0 bridgehead atoms. The number of hydrogen-bond acceptors (Lipinski definition) is 4. The molecule has 0 aromatic carbocycles. The van der Waals surface area contributed by atoms with E-state index in [9.17, 15) is 4.79 Å². The zero-order valence-electron chi connectivity index (χ0n) is 10.7. The second-order valence-corrected chi connectivity index (χ2v) is 4.92. The van der Waals surface area contributed by atoms with Gasteiger partial charge in [-0.1, -0.05) is 39.0 Å². The van der Waals surface area contributed by atoms with E-state index in [0.717, 1.165) is 24.5 Å². The van der Waals surface area contributed by atoms with Crippen molar-refractivity contribution in [1.82, 2.24) is 14.7 Å². The highest BCUT2D eigenvalue weighted by atomic mass is 32.1. The average Bonchev–Trinajstić information content (AvgIpc) is 2.74. The van der Waals surface area contributed by atoms with Crippen molar-refractivity contribution >= 4 is 17.4 Å². The highest BCUT2D eigenvalue weighted by Gasteiger charge is 2.09. The van der Waals surface area contributed by atoms with E-state index in [1.54, 1.807) is 6.92 Å². The van der Waals surface area contributed by atoms with Gasteiger partial charge in [0, 0.05) is 6.54 Å². The summed E-state index contributed by atoms with van der Waals surface area (Å²) in [6.45, 7) is 4.74. The Morgan fingerprint density at radius 2 is 1.94 bits per heavy atom. The fourth-order valence-corrected chi connectivity index (χ4v) is 2.16. The zero-order chi connectivity index (χ0) is 12.5. The Balaban J connectivity index is 2.05. The topological polar surface area (TPSA) is 54.9 Å². The number of aryl methyl sites for hydroxylation is 1. The minimum absolute atomic E-state index is 0.0934. The first-order valence-electron chi connectivity index (χ1n) is 6.32. The minimum Gasteiger partial charge on any atom is -0.350 e. The van der Waals surface area contributed by atoms with Crippen LogP contribution in [-0.4, -0.2) is 21.8 Å². The predicted molar refractivity (Wildman–Crippen MR) is 70.4 cm³/mol. The molecular weight excluding hydrogens is 234 g/mol. The first-order valence-corrected chi connectivity index (χ1v) is 7.10. The Bertz CT molecular complexity index is 338. The number of nitrogens with zero attached hydrogens (tertiary/aromatic N) is 2. The molecule has 0 spiro atoms. The van der Waals surface area contributed by atoms with Crippen LogP contribution in [0.2, 0.25) is 0 Å². The van der Waals surface area contributed by atoms with E-state index in [1.165, 1.54) is 32.1 Å². The SMILES string of the molecule is CCCCCCCCNC(=O)c1nc(C)ns1. The third kappa shape index (κ3) is 5.77. The van der Waals surface area contributed by atoms with E-state index in [-0.39, 0.29) is 5.91 Å². The molecule has 1 heterocycles. The molecule has 0 saturated heterocycles. The molecule has 1 aromatic rings. The molecule has 1 aromatic heterocycles. The largest absolute Gasteiger partial charge is 0.350 e. The number of carbonyl (C=O) groups is 1. The molecule has 5 heteroatoms.